The predicted molar refractivity (Wildman–Crippen MR) is 122 cm³/mol. The van der Waals surface area contributed by atoms with E-state index in [1.54, 1.807) is 38.6 Å². The van der Waals surface area contributed by atoms with Crippen LogP contribution in [0.1, 0.15) is 13.0 Å². The second-order valence-electron chi connectivity index (χ2n) is 7.30. The summed E-state index contributed by atoms with van der Waals surface area (Å²) in [5.74, 6) is -0.983. The minimum atomic E-state index is -0.907. The summed E-state index contributed by atoms with van der Waals surface area (Å²) in [5.41, 5.74) is 6.10. The van der Waals surface area contributed by atoms with E-state index in [1.807, 2.05) is 0 Å². The molecule has 4 aromatic rings. The summed E-state index contributed by atoms with van der Waals surface area (Å²) in [6.07, 6.45) is 7.59. The van der Waals surface area contributed by atoms with Crippen LogP contribution < -0.4 is 21.1 Å². The molecule has 0 aromatic carbocycles. The predicted octanol–water partition coefficient (Wildman–Crippen LogP) is 2.05. The Morgan fingerprint density at radius 2 is 2.06 bits per heavy atom. The third-order valence-electron chi connectivity index (χ3n) is 5.08. The average Bonchev–Trinajstić information content (AvgIpc) is 3.38. The standard InChI is InChI=1S/C22H22FN7O4/c1-13(21(31)29-28-20-18(23)7-14(9-25-20)15-10-26-27-11-15)30-4-3-19-17(22(30)32)8-16(12-24-19)34-6-5-33-2/h3-4,7-13H,5-6H2,1-2H3,(H,25,28)(H,26,27)(H,29,31). The van der Waals surface area contributed by atoms with Crippen LogP contribution in [-0.4, -0.2) is 51.0 Å². The van der Waals surface area contributed by atoms with Crippen molar-refractivity contribution in [1.82, 2.24) is 30.2 Å². The van der Waals surface area contributed by atoms with Crippen molar-refractivity contribution in [3.63, 3.8) is 0 Å². The summed E-state index contributed by atoms with van der Waals surface area (Å²) in [4.78, 5) is 33.9. The maximum atomic E-state index is 14.4. The third-order valence-corrected chi connectivity index (χ3v) is 5.08. The Morgan fingerprint density at radius 1 is 1.21 bits per heavy atom. The number of nitrogens with zero attached hydrogens (tertiary/aromatic N) is 4. The first-order chi connectivity index (χ1) is 16.5. The van der Waals surface area contributed by atoms with Crippen LogP contribution in [0.2, 0.25) is 0 Å². The topological polar surface area (TPSA) is 136 Å². The van der Waals surface area contributed by atoms with Crippen molar-refractivity contribution in [3.8, 4) is 16.9 Å². The van der Waals surface area contributed by atoms with Crippen LogP contribution in [0.25, 0.3) is 22.0 Å². The number of carbonyl (C=O) groups excluding carboxylic acids is 1. The summed E-state index contributed by atoms with van der Waals surface area (Å²) in [5, 5.41) is 6.76. The van der Waals surface area contributed by atoms with Crippen LogP contribution in [0.5, 0.6) is 5.75 Å². The number of halogens is 1. The average molecular weight is 467 g/mol. The number of ether oxygens (including phenoxy) is 2. The highest BCUT2D eigenvalue weighted by Crippen LogP contribution is 2.21. The van der Waals surface area contributed by atoms with Gasteiger partial charge in [-0.1, -0.05) is 0 Å². The summed E-state index contributed by atoms with van der Waals surface area (Å²) in [7, 11) is 1.56. The number of amides is 1. The van der Waals surface area contributed by atoms with E-state index in [1.165, 1.54) is 29.2 Å². The van der Waals surface area contributed by atoms with Crippen LogP contribution in [0.4, 0.5) is 10.2 Å². The van der Waals surface area contributed by atoms with Gasteiger partial charge in [0, 0.05) is 36.8 Å². The lowest BCUT2D eigenvalue weighted by atomic mass is 10.2. The Morgan fingerprint density at radius 3 is 2.79 bits per heavy atom. The number of anilines is 1. The van der Waals surface area contributed by atoms with Gasteiger partial charge in [0.25, 0.3) is 11.5 Å². The van der Waals surface area contributed by atoms with E-state index in [0.29, 0.717) is 41.0 Å². The number of H-pyrrole nitrogens is 1. The lowest BCUT2D eigenvalue weighted by Gasteiger charge is -2.17. The van der Waals surface area contributed by atoms with E-state index in [4.69, 9.17) is 9.47 Å². The minimum absolute atomic E-state index is 0.166. The molecule has 1 unspecified atom stereocenters. The number of aromatic amines is 1. The van der Waals surface area contributed by atoms with Crippen LogP contribution >= 0.6 is 0 Å². The first-order valence-corrected chi connectivity index (χ1v) is 10.3. The number of nitrogens with one attached hydrogen (secondary N) is 3. The fourth-order valence-corrected chi connectivity index (χ4v) is 3.19. The zero-order chi connectivity index (χ0) is 24.1. The SMILES string of the molecule is COCCOc1cnc2ccn(C(C)C(=O)NNc3ncc(-c4cn[nH]c4)cc3F)c(=O)c2c1. The molecule has 0 aliphatic rings. The maximum absolute atomic E-state index is 14.4. The fraction of sp³-hybridized carbons (Fsp3) is 0.227. The Kier molecular flexibility index (Phi) is 6.78. The molecule has 4 aromatic heterocycles. The number of aromatic nitrogens is 5. The molecule has 0 saturated heterocycles. The molecule has 4 rings (SSSR count). The Balaban J connectivity index is 1.47. The van der Waals surface area contributed by atoms with Gasteiger partial charge in [0.05, 0.1) is 29.9 Å². The van der Waals surface area contributed by atoms with Crippen molar-refractivity contribution in [3.05, 3.63) is 65.4 Å². The van der Waals surface area contributed by atoms with Gasteiger partial charge in [-0.05, 0) is 25.1 Å². The molecule has 0 fully saturated rings. The third kappa shape index (κ3) is 4.86. The normalized spacial score (nSPS) is 11.9. The van der Waals surface area contributed by atoms with Crippen LogP contribution in [0.3, 0.4) is 0 Å². The molecule has 0 aliphatic carbocycles. The highest BCUT2D eigenvalue weighted by molar-refractivity contribution is 5.83. The molecule has 4 heterocycles. The monoisotopic (exact) mass is 467 g/mol. The summed E-state index contributed by atoms with van der Waals surface area (Å²) in [6, 6.07) is 3.56. The van der Waals surface area contributed by atoms with Crippen molar-refractivity contribution in [1.29, 1.82) is 0 Å². The van der Waals surface area contributed by atoms with Crippen LogP contribution in [0.15, 0.2) is 54.0 Å². The minimum Gasteiger partial charge on any atom is -0.490 e. The Bertz CT molecular complexity index is 1360. The molecule has 1 atom stereocenters. The maximum Gasteiger partial charge on any atom is 0.261 e. The number of methoxy groups -OCH3 is 1. The molecule has 176 valence electrons. The van der Waals surface area contributed by atoms with Crippen LogP contribution in [-0.2, 0) is 9.53 Å². The van der Waals surface area contributed by atoms with E-state index in [2.05, 4.69) is 31.0 Å². The summed E-state index contributed by atoms with van der Waals surface area (Å²) >= 11 is 0. The smallest absolute Gasteiger partial charge is 0.261 e. The van der Waals surface area contributed by atoms with E-state index in [0.717, 1.165) is 0 Å². The number of fused-ring (bicyclic) bond motifs is 1. The zero-order valence-corrected chi connectivity index (χ0v) is 18.4. The lowest BCUT2D eigenvalue weighted by Crippen LogP contribution is -2.38. The number of carbonyl (C=O) groups is 1. The van der Waals surface area contributed by atoms with Crippen molar-refractivity contribution in [2.75, 3.05) is 25.7 Å². The Hall–Kier alpha value is -4.32. The molecule has 3 N–H and O–H groups in total. The first kappa shape index (κ1) is 22.9. The van der Waals surface area contributed by atoms with E-state index in [9.17, 15) is 14.0 Å². The van der Waals surface area contributed by atoms with E-state index in [-0.39, 0.29) is 5.82 Å². The molecule has 0 bridgehead atoms. The molecule has 0 radical (unpaired) electrons. The number of hydrogen-bond acceptors (Lipinski definition) is 8. The van der Waals surface area contributed by atoms with Gasteiger partial charge >= 0.3 is 0 Å². The molecule has 0 spiro atoms. The van der Waals surface area contributed by atoms with Gasteiger partial charge in [0.15, 0.2) is 11.6 Å². The summed E-state index contributed by atoms with van der Waals surface area (Å²) in [6.45, 7) is 2.24. The molecule has 12 heteroatoms. The van der Waals surface area contributed by atoms with Gasteiger partial charge in [-0.3, -0.25) is 30.5 Å². The van der Waals surface area contributed by atoms with Crippen molar-refractivity contribution in [2.24, 2.45) is 0 Å². The first-order valence-electron chi connectivity index (χ1n) is 10.3. The van der Waals surface area contributed by atoms with Gasteiger partial charge in [-0.15, -0.1) is 0 Å². The number of hydrazine groups is 1. The van der Waals surface area contributed by atoms with Crippen LogP contribution in [0, 0.1) is 5.82 Å². The molecule has 34 heavy (non-hydrogen) atoms. The van der Waals surface area contributed by atoms with Gasteiger partial charge in [0.1, 0.15) is 18.4 Å². The van der Waals surface area contributed by atoms with Gasteiger partial charge in [-0.25, -0.2) is 9.37 Å². The van der Waals surface area contributed by atoms with Gasteiger partial charge in [-0.2, -0.15) is 5.10 Å². The van der Waals surface area contributed by atoms with Crippen molar-refractivity contribution in [2.45, 2.75) is 13.0 Å². The fourth-order valence-electron chi connectivity index (χ4n) is 3.19. The highest BCUT2D eigenvalue weighted by atomic mass is 19.1. The second-order valence-corrected chi connectivity index (χ2v) is 7.30. The molecule has 1 amide bonds. The van der Waals surface area contributed by atoms with E-state index < -0.39 is 23.3 Å². The molecular formula is C22H22FN7O4. The zero-order valence-electron chi connectivity index (χ0n) is 18.4. The van der Waals surface area contributed by atoms with E-state index >= 15 is 0 Å². The number of hydrogen-bond donors (Lipinski definition) is 3. The highest BCUT2D eigenvalue weighted by Gasteiger charge is 2.18. The second kappa shape index (κ2) is 10.1. The Labute approximate surface area is 192 Å². The quantitative estimate of drug-likeness (QED) is 0.251. The molecule has 11 nitrogen and oxygen atoms in total. The van der Waals surface area contributed by atoms with Gasteiger partial charge in [0.2, 0.25) is 0 Å². The van der Waals surface area contributed by atoms with Crippen molar-refractivity contribution >= 4 is 22.6 Å². The molecule has 0 saturated carbocycles. The number of pyridine rings is 3. The molecule has 0 aliphatic heterocycles. The van der Waals surface area contributed by atoms with Crippen molar-refractivity contribution < 1.29 is 18.7 Å². The lowest BCUT2D eigenvalue weighted by molar-refractivity contribution is -0.123. The largest absolute Gasteiger partial charge is 0.490 e. The molecular weight excluding hydrogens is 445 g/mol. The summed E-state index contributed by atoms with van der Waals surface area (Å²) < 4.78 is 26.1. The van der Waals surface area contributed by atoms with Gasteiger partial charge < -0.3 is 14.0 Å². The number of rotatable bonds is 9.